The topological polar surface area (TPSA) is 90.7 Å². The number of hydrogen-bond acceptors (Lipinski definition) is 5. The molecule has 0 aromatic heterocycles. The number of imide groups is 1. The van der Waals surface area contributed by atoms with Gasteiger partial charge in [-0.1, -0.05) is 30.3 Å². The van der Waals surface area contributed by atoms with Crippen molar-refractivity contribution in [1.29, 1.82) is 0 Å². The van der Waals surface area contributed by atoms with Crippen molar-refractivity contribution in [2.45, 2.75) is 24.9 Å². The molecular weight excluding hydrogens is 356 g/mol. The Morgan fingerprint density at radius 3 is 2.64 bits per heavy atom. The third-order valence-electron chi connectivity index (χ3n) is 5.47. The van der Waals surface area contributed by atoms with E-state index in [2.05, 4.69) is 5.32 Å². The van der Waals surface area contributed by atoms with Crippen LogP contribution in [0.2, 0.25) is 0 Å². The van der Waals surface area contributed by atoms with Gasteiger partial charge in [0, 0.05) is 22.4 Å². The smallest absolute Gasteiger partial charge is 0.414 e. The quantitative estimate of drug-likeness (QED) is 0.679. The number of cyclic esters (lactones) is 1. The Morgan fingerprint density at radius 2 is 1.86 bits per heavy atom. The zero-order chi connectivity index (χ0) is 19.3. The standard InChI is InChI=1S/C22H18N2O4/c23-18-9-10-19(16-4-2-1-3-15(16)18)27-13-6-8-14-12(11-13)5-7-17(14)20-21(25)24-22(26)28-20/h1-4,6,8-11,17,20H,5,7,23H2,(H,24,25,26)/t17-,20+/m1/s1. The van der Waals surface area contributed by atoms with E-state index in [0.29, 0.717) is 5.69 Å². The highest BCUT2D eigenvalue weighted by molar-refractivity contribution is 6.00. The molecule has 0 unspecified atom stereocenters. The molecule has 1 saturated heterocycles. The minimum Gasteiger partial charge on any atom is -0.457 e. The molecule has 0 spiro atoms. The Kier molecular flexibility index (Phi) is 3.72. The monoisotopic (exact) mass is 374 g/mol. The number of rotatable bonds is 3. The molecule has 6 heteroatoms. The van der Waals surface area contributed by atoms with Crippen LogP contribution in [0.5, 0.6) is 11.5 Å². The summed E-state index contributed by atoms with van der Waals surface area (Å²) in [5, 5.41) is 4.11. The van der Waals surface area contributed by atoms with Crippen molar-refractivity contribution in [2.75, 3.05) is 5.73 Å². The third-order valence-corrected chi connectivity index (χ3v) is 5.47. The van der Waals surface area contributed by atoms with E-state index in [4.69, 9.17) is 15.2 Å². The van der Waals surface area contributed by atoms with E-state index < -0.39 is 12.2 Å². The molecule has 2 amide bonds. The average Bonchev–Trinajstić information content (AvgIpc) is 3.26. The zero-order valence-corrected chi connectivity index (χ0v) is 15.0. The van der Waals surface area contributed by atoms with Gasteiger partial charge in [-0.05, 0) is 48.2 Å². The van der Waals surface area contributed by atoms with Crippen molar-refractivity contribution in [2.24, 2.45) is 0 Å². The minimum absolute atomic E-state index is 0.118. The largest absolute Gasteiger partial charge is 0.457 e. The Hall–Kier alpha value is -3.54. The summed E-state index contributed by atoms with van der Waals surface area (Å²) in [5.74, 6) is 0.981. The Balaban J connectivity index is 1.45. The molecule has 2 atom stereocenters. The first-order valence-electron chi connectivity index (χ1n) is 9.19. The van der Waals surface area contributed by atoms with Gasteiger partial charge in [0.05, 0.1) is 0 Å². The number of amides is 2. The van der Waals surface area contributed by atoms with Crippen molar-refractivity contribution in [3.05, 3.63) is 65.7 Å². The van der Waals surface area contributed by atoms with Crippen molar-refractivity contribution >= 4 is 28.5 Å². The number of ether oxygens (including phenoxy) is 2. The molecule has 3 aromatic carbocycles. The van der Waals surface area contributed by atoms with Crippen LogP contribution in [0.4, 0.5) is 10.5 Å². The minimum atomic E-state index is -0.749. The summed E-state index contributed by atoms with van der Waals surface area (Å²) in [6.45, 7) is 0. The molecule has 3 N–H and O–H groups in total. The van der Waals surface area contributed by atoms with Crippen LogP contribution in [-0.4, -0.2) is 18.1 Å². The number of nitrogens with two attached hydrogens (primary N) is 1. The summed E-state index contributed by atoms with van der Waals surface area (Å²) in [7, 11) is 0. The number of nitrogens with one attached hydrogen (secondary N) is 1. The van der Waals surface area contributed by atoms with E-state index in [1.807, 2.05) is 54.6 Å². The fourth-order valence-corrected chi connectivity index (χ4v) is 4.15. The summed E-state index contributed by atoms with van der Waals surface area (Å²) in [4.78, 5) is 23.3. The third kappa shape index (κ3) is 2.65. The zero-order valence-electron chi connectivity index (χ0n) is 15.0. The molecule has 1 fully saturated rings. The summed E-state index contributed by atoms with van der Waals surface area (Å²) < 4.78 is 11.3. The Labute approximate surface area is 161 Å². The normalized spacial score (nSPS) is 20.7. The molecule has 5 rings (SSSR count). The number of carbonyl (C=O) groups is 2. The molecule has 1 aliphatic heterocycles. The van der Waals surface area contributed by atoms with Crippen LogP contribution in [-0.2, 0) is 16.0 Å². The van der Waals surface area contributed by atoms with Crippen LogP contribution in [0.3, 0.4) is 0 Å². The second-order valence-corrected chi connectivity index (χ2v) is 7.12. The van der Waals surface area contributed by atoms with Gasteiger partial charge in [-0.2, -0.15) is 0 Å². The first-order chi connectivity index (χ1) is 13.6. The number of aryl methyl sites for hydroxylation is 1. The maximum atomic E-state index is 11.9. The number of hydrogen-bond donors (Lipinski definition) is 2. The van der Waals surface area contributed by atoms with Crippen molar-refractivity contribution < 1.29 is 19.1 Å². The van der Waals surface area contributed by atoms with Crippen LogP contribution < -0.4 is 15.8 Å². The van der Waals surface area contributed by atoms with E-state index in [-0.39, 0.29) is 11.8 Å². The molecule has 1 aliphatic carbocycles. The number of carbonyl (C=O) groups excluding carboxylic acids is 2. The molecule has 0 radical (unpaired) electrons. The molecule has 6 nitrogen and oxygen atoms in total. The van der Waals surface area contributed by atoms with Crippen LogP contribution in [0.15, 0.2) is 54.6 Å². The van der Waals surface area contributed by atoms with Gasteiger partial charge in [-0.15, -0.1) is 0 Å². The van der Waals surface area contributed by atoms with Crippen molar-refractivity contribution in [1.82, 2.24) is 5.32 Å². The molecule has 28 heavy (non-hydrogen) atoms. The number of alkyl carbamates (subject to hydrolysis) is 1. The first-order valence-corrected chi connectivity index (χ1v) is 9.19. The maximum Gasteiger partial charge on any atom is 0.414 e. The molecule has 3 aromatic rings. The van der Waals surface area contributed by atoms with Crippen LogP contribution in [0.25, 0.3) is 10.8 Å². The van der Waals surface area contributed by atoms with Crippen LogP contribution in [0, 0.1) is 0 Å². The molecule has 140 valence electrons. The summed E-state index contributed by atoms with van der Waals surface area (Å²) in [5.41, 5.74) is 8.92. The van der Waals surface area contributed by atoms with Crippen LogP contribution >= 0.6 is 0 Å². The second kappa shape index (κ2) is 6.27. The van der Waals surface area contributed by atoms with Gasteiger partial charge in [-0.25, -0.2) is 4.79 Å². The van der Waals surface area contributed by atoms with Gasteiger partial charge in [0.25, 0.3) is 5.91 Å². The lowest BCUT2D eigenvalue weighted by Gasteiger charge is -2.16. The SMILES string of the molecule is Nc1ccc(Oc2ccc3c(c2)CC[C@H]3[C@@H]2OC(=O)NC2=O)c2ccccc12. The van der Waals surface area contributed by atoms with E-state index in [9.17, 15) is 9.59 Å². The van der Waals surface area contributed by atoms with Gasteiger partial charge >= 0.3 is 6.09 Å². The van der Waals surface area contributed by atoms with Crippen molar-refractivity contribution in [3.63, 3.8) is 0 Å². The highest BCUT2D eigenvalue weighted by Gasteiger charge is 2.42. The van der Waals surface area contributed by atoms with E-state index >= 15 is 0 Å². The van der Waals surface area contributed by atoms with E-state index in [1.54, 1.807) is 0 Å². The lowest BCUT2D eigenvalue weighted by Crippen LogP contribution is -2.28. The molecular formula is C22H18N2O4. The lowest BCUT2D eigenvalue weighted by molar-refractivity contribution is -0.124. The predicted molar refractivity (Wildman–Crippen MR) is 104 cm³/mol. The Bertz CT molecular complexity index is 1120. The van der Waals surface area contributed by atoms with E-state index in [0.717, 1.165) is 46.2 Å². The first kappa shape index (κ1) is 16.6. The number of benzene rings is 3. The fourth-order valence-electron chi connectivity index (χ4n) is 4.15. The summed E-state index contributed by atoms with van der Waals surface area (Å²) in [6.07, 6.45) is 0.149. The second-order valence-electron chi connectivity index (χ2n) is 7.12. The van der Waals surface area contributed by atoms with Crippen LogP contribution in [0.1, 0.15) is 23.5 Å². The highest BCUT2D eigenvalue weighted by Crippen LogP contribution is 2.41. The highest BCUT2D eigenvalue weighted by atomic mass is 16.6. The van der Waals surface area contributed by atoms with E-state index in [1.165, 1.54) is 0 Å². The molecule has 2 aliphatic rings. The maximum absolute atomic E-state index is 11.9. The number of anilines is 1. The fraction of sp³-hybridized carbons (Fsp3) is 0.182. The molecule has 0 saturated carbocycles. The summed E-state index contributed by atoms with van der Waals surface area (Å²) >= 11 is 0. The summed E-state index contributed by atoms with van der Waals surface area (Å²) in [6, 6.07) is 17.4. The number of nitrogen functional groups attached to an aromatic ring is 1. The Morgan fingerprint density at radius 1 is 1.04 bits per heavy atom. The van der Waals surface area contributed by atoms with Gasteiger partial charge < -0.3 is 15.2 Å². The average molecular weight is 374 g/mol. The van der Waals surface area contributed by atoms with Gasteiger partial charge in [0.15, 0.2) is 6.10 Å². The molecule has 0 bridgehead atoms. The number of fused-ring (bicyclic) bond motifs is 2. The lowest BCUT2D eigenvalue weighted by atomic mass is 9.95. The van der Waals surface area contributed by atoms with Gasteiger partial charge in [0.1, 0.15) is 11.5 Å². The van der Waals surface area contributed by atoms with Crippen molar-refractivity contribution in [3.8, 4) is 11.5 Å². The van der Waals surface area contributed by atoms with Gasteiger partial charge in [0.2, 0.25) is 0 Å². The van der Waals surface area contributed by atoms with Gasteiger partial charge in [-0.3, -0.25) is 10.1 Å². The molecule has 1 heterocycles. The predicted octanol–water partition coefficient (Wildman–Crippen LogP) is 3.88.